The Morgan fingerprint density at radius 3 is 2.75 bits per heavy atom. The van der Waals surface area contributed by atoms with Crippen molar-refractivity contribution in [2.24, 2.45) is 0 Å². The number of hydrogen-bond acceptors (Lipinski definition) is 5. The van der Waals surface area contributed by atoms with E-state index in [0.29, 0.717) is 37.0 Å². The molecule has 0 radical (unpaired) electrons. The van der Waals surface area contributed by atoms with Crippen LogP contribution >= 0.6 is 15.9 Å². The van der Waals surface area contributed by atoms with Crippen LogP contribution in [0.5, 0.6) is 11.5 Å². The van der Waals surface area contributed by atoms with E-state index in [9.17, 15) is 4.79 Å². The van der Waals surface area contributed by atoms with Crippen molar-refractivity contribution in [1.29, 1.82) is 0 Å². The number of hydrogen-bond donors (Lipinski definition) is 1. The summed E-state index contributed by atoms with van der Waals surface area (Å²) in [6.07, 6.45) is 2.77. The predicted octanol–water partition coefficient (Wildman–Crippen LogP) is 3.13. The van der Waals surface area contributed by atoms with Crippen molar-refractivity contribution < 1.29 is 23.7 Å². The van der Waals surface area contributed by atoms with Gasteiger partial charge in [0.25, 0.3) is 5.91 Å². The van der Waals surface area contributed by atoms with Crippen LogP contribution in [0.15, 0.2) is 16.6 Å². The number of ether oxygens (including phenoxy) is 4. The molecule has 132 valence electrons. The maximum atomic E-state index is 12.3. The molecule has 2 atom stereocenters. The summed E-state index contributed by atoms with van der Waals surface area (Å²) in [5, 5.41) is 2.86. The zero-order chi connectivity index (χ0) is 16.9. The lowest BCUT2D eigenvalue weighted by Gasteiger charge is -2.24. The molecule has 2 aliphatic heterocycles. The first kappa shape index (κ1) is 17.5. The zero-order valence-corrected chi connectivity index (χ0v) is 15.3. The molecule has 7 heteroatoms. The molecule has 2 heterocycles. The Balaban J connectivity index is 1.55. The average molecular weight is 400 g/mol. The van der Waals surface area contributed by atoms with Crippen molar-refractivity contribution in [2.45, 2.75) is 38.4 Å². The van der Waals surface area contributed by atoms with Crippen molar-refractivity contribution in [2.75, 3.05) is 31.7 Å². The van der Waals surface area contributed by atoms with Gasteiger partial charge in [0, 0.05) is 23.2 Å². The van der Waals surface area contributed by atoms with Gasteiger partial charge >= 0.3 is 0 Å². The van der Waals surface area contributed by atoms with Crippen LogP contribution in [0.25, 0.3) is 0 Å². The first-order valence-corrected chi connectivity index (χ1v) is 9.06. The molecule has 1 aromatic carbocycles. The summed E-state index contributed by atoms with van der Waals surface area (Å²) in [5.74, 6) is 1.09. The summed E-state index contributed by atoms with van der Waals surface area (Å²) >= 11 is 3.44. The van der Waals surface area contributed by atoms with E-state index in [-0.39, 0.29) is 12.0 Å². The summed E-state index contributed by atoms with van der Waals surface area (Å²) in [5.41, 5.74) is 0.633. The minimum atomic E-state index is -0.560. The van der Waals surface area contributed by atoms with E-state index in [4.69, 9.17) is 18.9 Å². The highest BCUT2D eigenvalue weighted by atomic mass is 79.9. The monoisotopic (exact) mass is 399 g/mol. The van der Waals surface area contributed by atoms with Crippen molar-refractivity contribution in [3.8, 4) is 11.5 Å². The fourth-order valence-corrected chi connectivity index (χ4v) is 3.08. The second-order valence-electron chi connectivity index (χ2n) is 5.93. The Kier molecular flexibility index (Phi) is 5.97. The molecule has 0 unspecified atom stereocenters. The molecule has 6 nitrogen and oxygen atoms in total. The zero-order valence-electron chi connectivity index (χ0n) is 13.7. The number of carbonyl (C=O) groups excluding carboxylic acids is 1. The van der Waals surface area contributed by atoms with Gasteiger partial charge in [0.1, 0.15) is 19.3 Å². The Morgan fingerprint density at radius 1 is 1.29 bits per heavy atom. The first-order chi connectivity index (χ1) is 11.6. The van der Waals surface area contributed by atoms with Gasteiger partial charge in [-0.25, -0.2) is 0 Å². The van der Waals surface area contributed by atoms with Crippen LogP contribution in [-0.2, 0) is 14.3 Å². The topological polar surface area (TPSA) is 66.0 Å². The maximum Gasteiger partial charge on any atom is 0.253 e. The molecule has 2 aliphatic rings. The van der Waals surface area contributed by atoms with Gasteiger partial charge in [-0.3, -0.25) is 4.79 Å². The molecule has 1 aromatic rings. The summed E-state index contributed by atoms with van der Waals surface area (Å²) < 4.78 is 23.1. The number of amides is 1. The molecule has 24 heavy (non-hydrogen) atoms. The number of rotatable bonds is 5. The lowest BCUT2D eigenvalue weighted by molar-refractivity contribution is -0.130. The van der Waals surface area contributed by atoms with Gasteiger partial charge in [-0.1, -0.05) is 0 Å². The minimum absolute atomic E-state index is 0.0926. The Morgan fingerprint density at radius 2 is 2.04 bits per heavy atom. The third-order valence-corrected chi connectivity index (χ3v) is 4.72. The van der Waals surface area contributed by atoms with E-state index >= 15 is 0 Å². The highest BCUT2D eigenvalue weighted by molar-refractivity contribution is 9.10. The Bertz CT molecular complexity index is 589. The number of fused-ring (bicyclic) bond motifs is 1. The van der Waals surface area contributed by atoms with Gasteiger partial charge in [-0.15, -0.1) is 0 Å². The van der Waals surface area contributed by atoms with Gasteiger partial charge < -0.3 is 24.3 Å². The molecule has 1 fully saturated rings. The van der Waals surface area contributed by atoms with E-state index in [1.54, 1.807) is 19.1 Å². The number of carbonyl (C=O) groups is 1. The molecular weight excluding hydrogens is 378 g/mol. The van der Waals surface area contributed by atoms with Gasteiger partial charge in [0.05, 0.1) is 18.4 Å². The standard InChI is InChI=1S/C17H22BrNO5/c1-11(24-10-12-4-2-3-5-21-12)17(20)19-14-9-16-15(8-13(14)18)22-6-7-23-16/h8-9,11-12H,2-7,10H2,1H3,(H,19,20)/t11-,12+/m1/s1. The molecule has 1 amide bonds. The van der Waals surface area contributed by atoms with Gasteiger partial charge in [0.2, 0.25) is 0 Å². The van der Waals surface area contributed by atoms with E-state index in [2.05, 4.69) is 21.2 Å². The third kappa shape index (κ3) is 4.40. The molecule has 0 bridgehead atoms. The number of halogens is 1. The number of benzene rings is 1. The van der Waals surface area contributed by atoms with Crippen LogP contribution in [0, 0.1) is 0 Å². The van der Waals surface area contributed by atoms with Gasteiger partial charge in [0.15, 0.2) is 11.5 Å². The van der Waals surface area contributed by atoms with Crippen LogP contribution in [0.1, 0.15) is 26.2 Å². The lowest BCUT2D eigenvalue weighted by Crippen LogP contribution is -2.32. The smallest absolute Gasteiger partial charge is 0.253 e. The van der Waals surface area contributed by atoms with Crippen LogP contribution < -0.4 is 14.8 Å². The largest absolute Gasteiger partial charge is 0.486 e. The maximum absolute atomic E-state index is 12.3. The van der Waals surface area contributed by atoms with E-state index in [1.165, 1.54) is 0 Å². The van der Waals surface area contributed by atoms with Gasteiger partial charge in [-0.05, 0) is 42.1 Å². The normalized spacial score (nSPS) is 21.2. The predicted molar refractivity (Wildman–Crippen MR) is 92.8 cm³/mol. The fraction of sp³-hybridized carbons (Fsp3) is 0.588. The molecule has 0 saturated carbocycles. The molecule has 0 aromatic heterocycles. The summed E-state index contributed by atoms with van der Waals surface area (Å²) in [6, 6.07) is 3.55. The molecule has 0 aliphatic carbocycles. The highest BCUT2D eigenvalue weighted by Crippen LogP contribution is 2.38. The minimum Gasteiger partial charge on any atom is -0.486 e. The molecular formula is C17H22BrNO5. The van der Waals surface area contributed by atoms with E-state index < -0.39 is 6.10 Å². The van der Waals surface area contributed by atoms with E-state index in [0.717, 1.165) is 30.3 Å². The second-order valence-corrected chi connectivity index (χ2v) is 6.78. The summed E-state index contributed by atoms with van der Waals surface area (Å²) in [6.45, 7) is 3.99. The number of nitrogens with one attached hydrogen (secondary N) is 1. The van der Waals surface area contributed by atoms with Crippen molar-refractivity contribution in [1.82, 2.24) is 0 Å². The van der Waals surface area contributed by atoms with Gasteiger partial charge in [-0.2, -0.15) is 0 Å². The fourth-order valence-electron chi connectivity index (χ4n) is 2.66. The van der Waals surface area contributed by atoms with E-state index in [1.807, 2.05) is 0 Å². The SMILES string of the molecule is C[C@@H](OC[C@@H]1CCCCO1)C(=O)Nc1cc2c(cc1Br)OCCO2. The molecule has 3 rings (SSSR count). The van der Waals surface area contributed by atoms with Crippen LogP contribution in [0.4, 0.5) is 5.69 Å². The van der Waals surface area contributed by atoms with Crippen molar-refractivity contribution >= 4 is 27.5 Å². The highest BCUT2D eigenvalue weighted by Gasteiger charge is 2.21. The molecule has 0 spiro atoms. The van der Waals surface area contributed by atoms with Crippen LogP contribution in [-0.4, -0.2) is 44.5 Å². The first-order valence-electron chi connectivity index (χ1n) is 8.26. The summed E-state index contributed by atoms with van der Waals surface area (Å²) in [7, 11) is 0. The Hall–Kier alpha value is -1.31. The Labute approximate surface area is 149 Å². The lowest BCUT2D eigenvalue weighted by atomic mass is 10.1. The van der Waals surface area contributed by atoms with Crippen molar-refractivity contribution in [3.63, 3.8) is 0 Å². The quantitative estimate of drug-likeness (QED) is 0.823. The average Bonchev–Trinajstić information content (AvgIpc) is 2.61. The third-order valence-electron chi connectivity index (χ3n) is 4.07. The second kappa shape index (κ2) is 8.18. The summed E-state index contributed by atoms with van der Waals surface area (Å²) in [4.78, 5) is 12.3. The molecule has 1 N–H and O–H groups in total. The van der Waals surface area contributed by atoms with Crippen molar-refractivity contribution in [3.05, 3.63) is 16.6 Å². The number of anilines is 1. The molecule has 1 saturated heterocycles. The van der Waals surface area contributed by atoms with Crippen LogP contribution in [0.2, 0.25) is 0 Å². The van der Waals surface area contributed by atoms with Crippen LogP contribution in [0.3, 0.4) is 0 Å².